The third-order valence-electron chi connectivity index (χ3n) is 2.40. The Morgan fingerprint density at radius 1 is 1.53 bits per heavy atom. The zero-order valence-corrected chi connectivity index (χ0v) is 10.1. The Bertz CT molecular complexity index is 411. The molecule has 1 aromatic rings. The molecule has 0 radical (unpaired) electrons. The van der Waals surface area contributed by atoms with E-state index in [-0.39, 0.29) is 30.6 Å². The molecule has 0 aliphatic heterocycles. The van der Waals surface area contributed by atoms with E-state index in [0.29, 0.717) is 5.76 Å². The zero-order valence-electron chi connectivity index (χ0n) is 10.1. The highest BCUT2D eigenvalue weighted by atomic mass is 16.4. The van der Waals surface area contributed by atoms with Gasteiger partial charge in [0.2, 0.25) is 0 Å². The van der Waals surface area contributed by atoms with Crippen molar-refractivity contribution in [2.45, 2.75) is 33.2 Å². The summed E-state index contributed by atoms with van der Waals surface area (Å²) in [6, 6.07) is -0.0852. The van der Waals surface area contributed by atoms with Crippen molar-refractivity contribution in [3.63, 3.8) is 0 Å². The highest BCUT2D eigenvalue weighted by Gasteiger charge is 2.23. The van der Waals surface area contributed by atoms with Crippen LogP contribution in [0.5, 0.6) is 0 Å². The average molecular weight is 240 g/mol. The lowest BCUT2D eigenvalue weighted by Gasteiger charge is -2.25. The van der Waals surface area contributed by atoms with Gasteiger partial charge in [0.1, 0.15) is 5.76 Å². The summed E-state index contributed by atoms with van der Waals surface area (Å²) in [6.45, 7) is 5.47. The molecule has 6 heteroatoms. The maximum atomic E-state index is 12.1. The van der Waals surface area contributed by atoms with E-state index in [2.05, 4.69) is 4.98 Å². The van der Waals surface area contributed by atoms with Crippen LogP contribution in [-0.2, 0) is 4.79 Å². The number of hydrogen-bond acceptors (Lipinski definition) is 4. The summed E-state index contributed by atoms with van der Waals surface area (Å²) >= 11 is 0. The van der Waals surface area contributed by atoms with Gasteiger partial charge in [-0.05, 0) is 20.8 Å². The van der Waals surface area contributed by atoms with Gasteiger partial charge in [-0.3, -0.25) is 9.59 Å². The molecule has 94 valence electrons. The second-order valence-electron chi connectivity index (χ2n) is 3.99. The van der Waals surface area contributed by atoms with Crippen LogP contribution in [0, 0.1) is 6.92 Å². The number of nitrogens with zero attached hydrogens (tertiary/aromatic N) is 2. The first-order valence-corrected chi connectivity index (χ1v) is 5.36. The SMILES string of the molecule is Cc1ocnc1C(=O)N(CCC(=O)O)C(C)C. The van der Waals surface area contributed by atoms with Gasteiger partial charge in [-0.2, -0.15) is 0 Å². The van der Waals surface area contributed by atoms with Crippen LogP contribution in [0.3, 0.4) is 0 Å². The monoisotopic (exact) mass is 240 g/mol. The molecule has 0 aromatic carbocycles. The number of oxazole rings is 1. The van der Waals surface area contributed by atoms with Crippen LogP contribution in [-0.4, -0.2) is 39.5 Å². The molecule has 0 unspecified atom stereocenters. The summed E-state index contributed by atoms with van der Waals surface area (Å²) in [6.07, 6.45) is 1.12. The number of hydrogen-bond donors (Lipinski definition) is 1. The van der Waals surface area contributed by atoms with E-state index in [1.54, 1.807) is 6.92 Å². The molecule has 0 atom stereocenters. The van der Waals surface area contributed by atoms with Crippen LogP contribution in [0.1, 0.15) is 36.5 Å². The van der Waals surface area contributed by atoms with E-state index < -0.39 is 5.97 Å². The first-order chi connectivity index (χ1) is 7.93. The zero-order chi connectivity index (χ0) is 13.0. The Kier molecular flexibility index (Phi) is 4.25. The van der Waals surface area contributed by atoms with Crippen molar-refractivity contribution < 1.29 is 19.1 Å². The minimum absolute atomic E-state index is 0.0825. The highest BCUT2D eigenvalue weighted by molar-refractivity contribution is 5.93. The molecule has 1 aromatic heterocycles. The van der Waals surface area contributed by atoms with Crippen LogP contribution >= 0.6 is 0 Å². The maximum Gasteiger partial charge on any atom is 0.305 e. The Labute approximate surface area is 99.2 Å². The lowest BCUT2D eigenvalue weighted by Crippen LogP contribution is -2.39. The average Bonchev–Trinajstić information content (AvgIpc) is 2.63. The largest absolute Gasteiger partial charge is 0.481 e. The quantitative estimate of drug-likeness (QED) is 0.838. The van der Waals surface area contributed by atoms with Gasteiger partial charge < -0.3 is 14.4 Å². The van der Waals surface area contributed by atoms with Crippen LogP contribution in [0.4, 0.5) is 0 Å². The van der Waals surface area contributed by atoms with Gasteiger partial charge in [0, 0.05) is 12.6 Å². The van der Waals surface area contributed by atoms with E-state index in [1.165, 1.54) is 11.3 Å². The first-order valence-electron chi connectivity index (χ1n) is 5.36. The van der Waals surface area contributed by atoms with Gasteiger partial charge in [0.15, 0.2) is 12.1 Å². The van der Waals surface area contributed by atoms with Gasteiger partial charge in [-0.25, -0.2) is 4.98 Å². The highest BCUT2D eigenvalue weighted by Crippen LogP contribution is 2.11. The van der Waals surface area contributed by atoms with Crippen molar-refractivity contribution in [1.29, 1.82) is 0 Å². The van der Waals surface area contributed by atoms with E-state index >= 15 is 0 Å². The molecule has 0 saturated carbocycles. The van der Waals surface area contributed by atoms with Crippen molar-refractivity contribution in [2.24, 2.45) is 0 Å². The smallest absolute Gasteiger partial charge is 0.305 e. The van der Waals surface area contributed by atoms with E-state index in [1.807, 2.05) is 13.8 Å². The van der Waals surface area contributed by atoms with Gasteiger partial charge in [0.25, 0.3) is 5.91 Å². The van der Waals surface area contributed by atoms with Crippen molar-refractivity contribution >= 4 is 11.9 Å². The van der Waals surface area contributed by atoms with Crippen LogP contribution < -0.4 is 0 Å². The normalized spacial score (nSPS) is 10.6. The maximum absolute atomic E-state index is 12.1. The number of amides is 1. The molecule has 1 rings (SSSR count). The number of aliphatic carboxylic acids is 1. The topological polar surface area (TPSA) is 83.6 Å². The molecule has 0 spiro atoms. The molecule has 0 saturated heterocycles. The number of aromatic nitrogens is 1. The first kappa shape index (κ1) is 13.2. The lowest BCUT2D eigenvalue weighted by molar-refractivity contribution is -0.137. The molecule has 1 N–H and O–H groups in total. The number of carboxylic acid groups (broad SMARTS) is 1. The van der Waals surface area contributed by atoms with Crippen molar-refractivity contribution in [1.82, 2.24) is 9.88 Å². The van der Waals surface area contributed by atoms with Crippen molar-refractivity contribution in [2.75, 3.05) is 6.54 Å². The fourth-order valence-electron chi connectivity index (χ4n) is 1.46. The molecule has 6 nitrogen and oxygen atoms in total. The van der Waals surface area contributed by atoms with Gasteiger partial charge in [0.05, 0.1) is 6.42 Å². The second kappa shape index (κ2) is 5.47. The molecular weight excluding hydrogens is 224 g/mol. The molecule has 1 heterocycles. The van der Waals surface area contributed by atoms with Crippen LogP contribution in [0.2, 0.25) is 0 Å². The molecule has 0 aliphatic carbocycles. The summed E-state index contributed by atoms with van der Waals surface area (Å²) in [5.41, 5.74) is 0.240. The standard InChI is InChI=1S/C11H16N2O4/c1-7(2)13(5-4-9(14)15)11(16)10-8(3)17-6-12-10/h6-7H,4-5H2,1-3H3,(H,14,15). The van der Waals surface area contributed by atoms with E-state index in [4.69, 9.17) is 9.52 Å². The number of aryl methyl sites for hydroxylation is 1. The predicted molar refractivity (Wildman–Crippen MR) is 59.7 cm³/mol. The van der Waals surface area contributed by atoms with Crippen LogP contribution in [0.25, 0.3) is 0 Å². The molecular formula is C11H16N2O4. The second-order valence-corrected chi connectivity index (χ2v) is 3.99. The van der Waals surface area contributed by atoms with Gasteiger partial charge in [-0.15, -0.1) is 0 Å². The minimum atomic E-state index is -0.930. The summed E-state index contributed by atoms with van der Waals surface area (Å²) in [7, 11) is 0. The molecule has 0 bridgehead atoms. The van der Waals surface area contributed by atoms with E-state index in [9.17, 15) is 9.59 Å². The number of carboxylic acids is 1. The summed E-state index contributed by atoms with van der Waals surface area (Å²) < 4.78 is 4.97. The van der Waals surface area contributed by atoms with Crippen molar-refractivity contribution in [3.8, 4) is 0 Å². The van der Waals surface area contributed by atoms with Gasteiger partial charge in [-0.1, -0.05) is 0 Å². The molecule has 0 aliphatic rings. The molecule has 17 heavy (non-hydrogen) atoms. The Morgan fingerprint density at radius 2 is 2.18 bits per heavy atom. The predicted octanol–water partition coefficient (Wildman–Crippen LogP) is 1.31. The molecule has 1 amide bonds. The minimum Gasteiger partial charge on any atom is -0.481 e. The number of carbonyl (C=O) groups is 2. The Balaban J connectivity index is 2.81. The third kappa shape index (κ3) is 3.30. The Hall–Kier alpha value is -1.85. The molecule has 0 fully saturated rings. The van der Waals surface area contributed by atoms with Crippen LogP contribution in [0.15, 0.2) is 10.8 Å². The van der Waals surface area contributed by atoms with Crippen molar-refractivity contribution in [3.05, 3.63) is 17.8 Å². The fraction of sp³-hybridized carbons (Fsp3) is 0.545. The summed E-state index contributed by atoms with van der Waals surface area (Å²) in [5, 5.41) is 8.64. The summed E-state index contributed by atoms with van der Waals surface area (Å²) in [5.74, 6) is -0.788. The number of carbonyl (C=O) groups excluding carboxylic acids is 1. The third-order valence-corrected chi connectivity index (χ3v) is 2.40. The fourth-order valence-corrected chi connectivity index (χ4v) is 1.46. The lowest BCUT2D eigenvalue weighted by atomic mass is 10.2. The van der Waals surface area contributed by atoms with Gasteiger partial charge >= 0.3 is 5.97 Å². The summed E-state index contributed by atoms with van der Waals surface area (Å²) in [4.78, 5) is 27.9. The Morgan fingerprint density at radius 3 is 2.59 bits per heavy atom. The number of rotatable bonds is 5. The van der Waals surface area contributed by atoms with E-state index in [0.717, 1.165) is 0 Å².